The Kier molecular flexibility index (Phi) is 3.20. The number of ketones is 1. The molecule has 1 aromatic heterocycles. The second kappa shape index (κ2) is 4.63. The SMILES string of the molecule is CC(N)C(C)C(=O)c1cccc2cccnc12. The predicted molar refractivity (Wildman–Crippen MR) is 68.9 cm³/mol. The third kappa shape index (κ3) is 2.19. The van der Waals surface area contributed by atoms with E-state index in [4.69, 9.17) is 5.73 Å². The van der Waals surface area contributed by atoms with Crippen molar-refractivity contribution in [2.24, 2.45) is 11.7 Å². The van der Waals surface area contributed by atoms with Crippen LogP contribution in [0.5, 0.6) is 0 Å². The fourth-order valence-electron chi connectivity index (χ4n) is 1.79. The van der Waals surface area contributed by atoms with E-state index in [0.29, 0.717) is 5.56 Å². The second-order valence-corrected chi connectivity index (χ2v) is 4.39. The number of nitrogens with zero attached hydrogens (tertiary/aromatic N) is 1. The molecule has 3 heteroatoms. The summed E-state index contributed by atoms with van der Waals surface area (Å²) in [5, 5.41) is 0.982. The molecular formula is C14H16N2O. The Labute approximate surface area is 101 Å². The van der Waals surface area contributed by atoms with E-state index >= 15 is 0 Å². The lowest BCUT2D eigenvalue weighted by Crippen LogP contribution is -2.30. The standard InChI is InChI=1S/C14H16N2O/c1-9(10(2)15)14(17)12-7-3-5-11-6-4-8-16-13(11)12/h3-10H,15H2,1-2H3. The summed E-state index contributed by atoms with van der Waals surface area (Å²) in [7, 11) is 0. The lowest BCUT2D eigenvalue weighted by Gasteiger charge is -2.15. The lowest BCUT2D eigenvalue weighted by atomic mass is 9.92. The van der Waals surface area contributed by atoms with Crippen LogP contribution in [0.3, 0.4) is 0 Å². The summed E-state index contributed by atoms with van der Waals surface area (Å²) in [5.74, 6) is -0.132. The van der Waals surface area contributed by atoms with Crippen molar-refractivity contribution in [3.05, 3.63) is 42.1 Å². The van der Waals surface area contributed by atoms with Gasteiger partial charge in [0.15, 0.2) is 5.78 Å². The lowest BCUT2D eigenvalue weighted by molar-refractivity contribution is 0.0918. The summed E-state index contributed by atoms with van der Waals surface area (Å²) in [6.45, 7) is 3.70. The molecule has 0 saturated carbocycles. The number of aromatic nitrogens is 1. The Hall–Kier alpha value is -1.74. The molecule has 2 rings (SSSR count). The Bertz CT molecular complexity index is 543. The van der Waals surface area contributed by atoms with Gasteiger partial charge in [0.05, 0.1) is 5.52 Å². The number of nitrogens with two attached hydrogens (primary N) is 1. The minimum atomic E-state index is -0.192. The van der Waals surface area contributed by atoms with Gasteiger partial charge in [-0.05, 0) is 19.1 Å². The second-order valence-electron chi connectivity index (χ2n) is 4.39. The summed E-state index contributed by atoms with van der Waals surface area (Å²) in [5.41, 5.74) is 7.19. The van der Waals surface area contributed by atoms with Crippen LogP contribution >= 0.6 is 0 Å². The monoisotopic (exact) mass is 228 g/mol. The molecule has 0 aliphatic carbocycles. The van der Waals surface area contributed by atoms with Gasteiger partial charge < -0.3 is 5.73 Å². The molecule has 0 fully saturated rings. The molecule has 2 aromatic rings. The van der Waals surface area contributed by atoms with Gasteiger partial charge in [0, 0.05) is 29.1 Å². The maximum atomic E-state index is 12.3. The van der Waals surface area contributed by atoms with Crippen molar-refractivity contribution in [3.63, 3.8) is 0 Å². The molecule has 2 N–H and O–H groups in total. The highest BCUT2D eigenvalue weighted by Crippen LogP contribution is 2.20. The molecule has 0 saturated heterocycles. The first-order chi connectivity index (χ1) is 8.11. The number of carbonyl (C=O) groups is 1. The fourth-order valence-corrected chi connectivity index (χ4v) is 1.79. The van der Waals surface area contributed by atoms with Crippen LogP contribution in [0, 0.1) is 5.92 Å². The molecule has 2 atom stereocenters. The third-order valence-electron chi connectivity index (χ3n) is 3.10. The first-order valence-corrected chi connectivity index (χ1v) is 5.75. The van der Waals surface area contributed by atoms with E-state index in [2.05, 4.69) is 4.98 Å². The van der Waals surface area contributed by atoms with Crippen molar-refractivity contribution in [1.29, 1.82) is 0 Å². The molecule has 0 aliphatic heterocycles. The number of carbonyl (C=O) groups excluding carboxylic acids is 1. The van der Waals surface area contributed by atoms with E-state index in [-0.39, 0.29) is 17.7 Å². The summed E-state index contributed by atoms with van der Waals surface area (Å²) < 4.78 is 0. The van der Waals surface area contributed by atoms with Crippen molar-refractivity contribution in [1.82, 2.24) is 4.98 Å². The number of rotatable bonds is 3. The van der Waals surface area contributed by atoms with Gasteiger partial charge >= 0.3 is 0 Å². The third-order valence-corrected chi connectivity index (χ3v) is 3.10. The number of Topliss-reactive ketones (excluding diaryl/α,β-unsaturated/α-hetero) is 1. The van der Waals surface area contributed by atoms with Crippen LogP contribution < -0.4 is 5.73 Å². The highest BCUT2D eigenvalue weighted by molar-refractivity contribution is 6.07. The van der Waals surface area contributed by atoms with Crippen molar-refractivity contribution < 1.29 is 4.79 Å². The Balaban J connectivity index is 2.52. The number of pyridine rings is 1. The predicted octanol–water partition coefficient (Wildman–Crippen LogP) is 2.40. The quantitative estimate of drug-likeness (QED) is 0.821. The van der Waals surface area contributed by atoms with Gasteiger partial charge in [-0.2, -0.15) is 0 Å². The van der Waals surface area contributed by atoms with Crippen LogP contribution in [0.15, 0.2) is 36.5 Å². The molecule has 3 nitrogen and oxygen atoms in total. The molecule has 0 aliphatic rings. The Morgan fingerprint density at radius 1 is 1.24 bits per heavy atom. The number of fused-ring (bicyclic) bond motifs is 1. The van der Waals surface area contributed by atoms with Crippen LogP contribution in [0.25, 0.3) is 10.9 Å². The Morgan fingerprint density at radius 2 is 1.94 bits per heavy atom. The van der Waals surface area contributed by atoms with E-state index in [0.717, 1.165) is 10.9 Å². The van der Waals surface area contributed by atoms with E-state index in [9.17, 15) is 4.79 Å². The molecule has 0 spiro atoms. The molecule has 0 radical (unpaired) electrons. The van der Waals surface area contributed by atoms with Gasteiger partial charge in [-0.15, -0.1) is 0 Å². The van der Waals surface area contributed by atoms with Gasteiger partial charge in [0.2, 0.25) is 0 Å². The average molecular weight is 228 g/mol. The van der Waals surface area contributed by atoms with Crippen LogP contribution in [-0.2, 0) is 0 Å². The molecular weight excluding hydrogens is 212 g/mol. The number of benzene rings is 1. The van der Waals surface area contributed by atoms with Gasteiger partial charge in [-0.1, -0.05) is 25.1 Å². The minimum Gasteiger partial charge on any atom is -0.327 e. The highest BCUT2D eigenvalue weighted by Gasteiger charge is 2.20. The summed E-state index contributed by atoms with van der Waals surface area (Å²) in [6.07, 6.45) is 1.70. The van der Waals surface area contributed by atoms with Crippen molar-refractivity contribution in [3.8, 4) is 0 Å². The summed E-state index contributed by atoms with van der Waals surface area (Å²) >= 11 is 0. The van der Waals surface area contributed by atoms with Crippen LogP contribution in [0.2, 0.25) is 0 Å². The first kappa shape index (κ1) is 11.7. The molecule has 0 bridgehead atoms. The van der Waals surface area contributed by atoms with Gasteiger partial charge in [-0.25, -0.2) is 0 Å². The van der Waals surface area contributed by atoms with Crippen LogP contribution in [0.4, 0.5) is 0 Å². The Morgan fingerprint density at radius 3 is 2.65 bits per heavy atom. The fraction of sp³-hybridized carbons (Fsp3) is 0.286. The zero-order valence-corrected chi connectivity index (χ0v) is 10.1. The maximum absolute atomic E-state index is 12.3. The normalized spacial score (nSPS) is 14.5. The van der Waals surface area contributed by atoms with Crippen LogP contribution in [0.1, 0.15) is 24.2 Å². The van der Waals surface area contributed by atoms with Crippen molar-refractivity contribution in [2.45, 2.75) is 19.9 Å². The molecule has 0 amide bonds. The topological polar surface area (TPSA) is 56.0 Å². The average Bonchev–Trinajstić information content (AvgIpc) is 2.36. The zero-order valence-electron chi connectivity index (χ0n) is 10.1. The molecule has 88 valence electrons. The van der Waals surface area contributed by atoms with Crippen molar-refractivity contribution >= 4 is 16.7 Å². The van der Waals surface area contributed by atoms with Crippen molar-refractivity contribution in [2.75, 3.05) is 0 Å². The summed E-state index contributed by atoms with van der Waals surface area (Å²) in [4.78, 5) is 16.6. The zero-order chi connectivity index (χ0) is 12.4. The smallest absolute Gasteiger partial charge is 0.169 e. The summed E-state index contributed by atoms with van der Waals surface area (Å²) in [6, 6.07) is 9.32. The van der Waals surface area contributed by atoms with Crippen LogP contribution in [-0.4, -0.2) is 16.8 Å². The number of hydrogen-bond donors (Lipinski definition) is 1. The van der Waals surface area contributed by atoms with E-state index in [1.165, 1.54) is 0 Å². The largest absolute Gasteiger partial charge is 0.327 e. The van der Waals surface area contributed by atoms with Gasteiger partial charge in [-0.3, -0.25) is 9.78 Å². The highest BCUT2D eigenvalue weighted by atomic mass is 16.1. The van der Waals surface area contributed by atoms with E-state index < -0.39 is 0 Å². The minimum absolute atomic E-state index is 0.0595. The molecule has 17 heavy (non-hydrogen) atoms. The first-order valence-electron chi connectivity index (χ1n) is 5.75. The van der Waals surface area contributed by atoms with Gasteiger partial charge in [0.25, 0.3) is 0 Å². The van der Waals surface area contributed by atoms with Gasteiger partial charge in [0.1, 0.15) is 0 Å². The molecule has 2 unspecified atom stereocenters. The van der Waals surface area contributed by atoms with E-state index in [1.54, 1.807) is 6.20 Å². The number of para-hydroxylation sites is 1. The molecule has 1 aromatic carbocycles. The maximum Gasteiger partial charge on any atom is 0.169 e. The number of hydrogen-bond acceptors (Lipinski definition) is 3. The van der Waals surface area contributed by atoms with E-state index in [1.807, 2.05) is 44.2 Å². The molecule has 1 heterocycles.